The zero-order valence-electron chi connectivity index (χ0n) is 27.1. The molecule has 0 aliphatic heterocycles. The molecule has 0 saturated heterocycles. The van der Waals surface area contributed by atoms with E-state index < -0.39 is 11.7 Å². The predicted molar refractivity (Wildman–Crippen MR) is 177 cm³/mol. The van der Waals surface area contributed by atoms with Crippen molar-refractivity contribution in [3.05, 3.63) is 95.5 Å². The Bertz CT molecular complexity index is 1840. The summed E-state index contributed by atoms with van der Waals surface area (Å²) in [5.41, 5.74) is 2.19. The number of hydrogen-bond acceptors (Lipinski definition) is 4. The fourth-order valence-electron chi connectivity index (χ4n) is 5.98. The first-order valence-electron chi connectivity index (χ1n) is 15.5. The van der Waals surface area contributed by atoms with Gasteiger partial charge in [0.15, 0.2) is 5.78 Å². The third-order valence-electron chi connectivity index (χ3n) is 8.42. The number of aryl methyl sites for hydroxylation is 2. The molecule has 245 valence electrons. The molecule has 5 rings (SSSR count). The summed E-state index contributed by atoms with van der Waals surface area (Å²) in [7, 11) is 0. The van der Waals surface area contributed by atoms with E-state index in [4.69, 9.17) is 0 Å². The number of rotatable bonds is 8. The van der Waals surface area contributed by atoms with Gasteiger partial charge in [0.1, 0.15) is 6.33 Å². The average molecular weight is 806 g/mol. The van der Waals surface area contributed by atoms with Crippen LogP contribution in [0.1, 0.15) is 70.1 Å². The number of halogens is 3. The summed E-state index contributed by atoms with van der Waals surface area (Å²) in [6.07, 6.45) is 1.55. The maximum absolute atomic E-state index is 14.2. The van der Waals surface area contributed by atoms with Crippen LogP contribution < -0.4 is 0 Å². The van der Waals surface area contributed by atoms with Gasteiger partial charge in [0.05, 0.1) is 16.8 Å². The molecule has 4 aromatic carbocycles. The van der Waals surface area contributed by atoms with E-state index in [1.165, 1.54) is 18.5 Å². The summed E-state index contributed by atoms with van der Waals surface area (Å²) in [6, 6.07) is 19.6. The molecular weight excluding hydrogens is 766 g/mol. The second kappa shape index (κ2) is 15.8. The van der Waals surface area contributed by atoms with Crippen LogP contribution >= 0.6 is 0 Å². The van der Waals surface area contributed by atoms with E-state index in [0.29, 0.717) is 22.0 Å². The summed E-state index contributed by atoms with van der Waals surface area (Å²) < 4.78 is 42.7. The minimum atomic E-state index is -4.56. The maximum atomic E-state index is 14.2. The molecular formula is C38H40F3IrN2O2-. The summed E-state index contributed by atoms with van der Waals surface area (Å²) in [4.78, 5) is 20.1. The van der Waals surface area contributed by atoms with Crippen molar-refractivity contribution < 1.29 is 43.2 Å². The number of aromatic nitrogens is 2. The van der Waals surface area contributed by atoms with Crippen molar-refractivity contribution in [1.82, 2.24) is 9.97 Å². The van der Waals surface area contributed by atoms with E-state index in [0.717, 1.165) is 47.6 Å². The fourth-order valence-corrected chi connectivity index (χ4v) is 5.98. The first kappa shape index (κ1) is 36.9. The zero-order valence-corrected chi connectivity index (χ0v) is 29.4. The van der Waals surface area contributed by atoms with Crippen LogP contribution in [0.3, 0.4) is 0 Å². The van der Waals surface area contributed by atoms with Gasteiger partial charge in [0.2, 0.25) is 0 Å². The number of allylic oxidation sites excluding steroid dienone is 2. The molecule has 0 fully saturated rings. The Labute approximate surface area is 282 Å². The second-order valence-electron chi connectivity index (χ2n) is 11.5. The predicted octanol–water partition coefficient (Wildman–Crippen LogP) is 10.9. The Balaban J connectivity index is 0.000000309. The number of aliphatic hydroxyl groups excluding tert-OH is 1. The fraction of sp³-hybridized carbons (Fsp3) is 0.342. The van der Waals surface area contributed by atoms with E-state index in [9.17, 15) is 23.1 Å². The van der Waals surface area contributed by atoms with Crippen molar-refractivity contribution in [3.63, 3.8) is 0 Å². The van der Waals surface area contributed by atoms with Gasteiger partial charge in [0.25, 0.3) is 0 Å². The van der Waals surface area contributed by atoms with Crippen molar-refractivity contribution in [1.29, 1.82) is 0 Å². The quantitative estimate of drug-likeness (QED) is 0.0558. The van der Waals surface area contributed by atoms with Crippen LogP contribution in [0.5, 0.6) is 0 Å². The number of ketones is 1. The molecule has 46 heavy (non-hydrogen) atoms. The van der Waals surface area contributed by atoms with Crippen LogP contribution in [0, 0.1) is 31.7 Å². The number of fused-ring (bicyclic) bond motifs is 4. The Morgan fingerprint density at radius 2 is 1.50 bits per heavy atom. The Hall–Kier alpha value is -3.61. The molecule has 4 nitrogen and oxygen atoms in total. The summed E-state index contributed by atoms with van der Waals surface area (Å²) in [6.45, 7) is 11.9. The average Bonchev–Trinajstić information content (AvgIpc) is 3.00. The third kappa shape index (κ3) is 8.02. The summed E-state index contributed by atoms with van der Waals surface area (Å²) in [5, 5.41) is 12.5. The number of benzene rings is 4. The molecule has 0 aliphatic rings. The number of alkyl halides is 3. The molecule has 0 unspecified atom stereocenters. The molecule has 0 saturated carbocycles. The van der Waals surface area contributed by atoms with Gasteiger partial charge in [0, 0.05) is 38.0 Å². The van der Waals surface area contributed by atoms with E-state index in [1.54, 1.807) is 12.1 Å². The molecule has 1 N–H and O–H groups in total. The molecule has 5 aromatic rings. The largest absolute Gasteiger partial charge is 0.512 e. The van der Waals surface area contributed by atoms with Crippen molar-refractivity contribution in [2.45, 2.75) is 73.4 Å². The number of carbonyl (C=O) groups excluding carboxylic acids is 1. The molecule has 8 heteroatoms. The van der Waals surface area contributed by atoms with E-state index in [2.05, 4.69) is 16.0 Å². The van der Waals surface area contributed by atoms with Crippen molar-refractivity contribution in [2.75, 3.05) is 0 Å². The molecule has 1 radical (unpaired) electrons. The molecule has 0 amide bonds. The van der Waals surface area contributed by atoms with Crippen molar-refractivity contribution >= 4 is 38.2 Å². The van der Waals surface area contributed by atoms with Crippen LogP contribution in [0.4, 0.5) is 13.2 Å². The van der Waals surface area contributed by atoms with Gasteiger partial charge in [-0.1, -0.05) is 84.0 Å². The van der Waals surface area contributed by atoms with Gasteiger partial charge in [-0.3, -0.25) is 9.78 Å². The first-order chi connectivity index (χ1) is 21.4. The van der Waals surface area contributed by atoms with Crippen molar-refractivity contribution in [2.24, 2.45) is 11.8 Å². The Morgan fingerprint density at radius 1 is 0.848 bits per heavy atom. The van der Waals surface area contributed by atoms with Gasteiger partial charge >= 0.3 is 6.18 Å². The molecule has 1 aromatic heterocycles. The number of nitrogens with zero attached hydrogens (tertiary/aromatic N) is 2. The normalized spacial score (nSPS) is 12.0. The van der Waals surface area contributed by atoms with Crippen LogP contribution in [0.2, 0.25) is 0 Å². The summed E-state index contributed by atoms with van der Waals surface area (Å²) in [5.74, 6) is 0.547. The molecule has 1 heterocycles. The summed E-state index contributed by atoms with van der Waals surface area (Å²) >= 11 is 0. The number of hydrogen-bond donors (Lipinski definition) is 1. The molecule has 0 bridgehead atoms. The first-order valence-corrected chi connectivity index (χ1v) is 15.5. The maximum Gasteiger partial charge on any atom is 0.419 e. The molecule has 0 spiro atoms. The monoisotopic (exact) mass is 806 g/mol. The minimum Gasteiger partial charge on any atom is -0.512 e. The Morgan fingerprint density at radius 3 is 2.11 bits per heavy atom. The standard InChI is InChI=1S/C25H16F3N2.C13H24O2.Ir/c1-14-9-15(2)11-17(10-14)23-21-12-20-18-6-4-3-5-16(18)7-8-19(20)22(25(26,27)28)24(21)30-13-29-23;1-5-10(6-2)12(14)9-13(15)11(7-3)8-4;/h3-10,12-13H,1-2H3;9-11,14H,5-8H2,1-4H3;/q-1;;/b;12-9-;. The van der Waals surface area contributed by atoms with E-state index in [1.807, 2.05) is 77.9 Å². The topological polar surface area (TPSA) is 63.1 Å². The second-order valence-corrected chi connectivity index (χ2v) is 11.5. The van der Waals surface area contributed by atoms with Crippen LogP contribution in [0.15, 0.2) is 72.8 Å². The van der Waals surface area contributed by atoms with Crippen LogP contribution in [-0.4, -0.2) is 20.9 Å². The van der Waals surface area contributed by atoms with Gasteiger partial charge in [-0.05, 0) is 58.3 Å². The Kier molecular flexibility index (Phi) is 12.7. The molecule has 0 atom stereocenters. The number of carbonyl (C=O) groups is 1. The van der Waals surface area contributed by atoms with Crippen LogP contribution in [0.25, 0.3) is 43.7 Å². The van der Waals surface area contributed by atoms with Crippen LogP contribution in [-0.2, 0) is 31.1 Å². The van der Waals surface area contributed by atoms with E-state index in [-0.39, 0.29) is 54.4 Å². The van der Waals surface area contributed by atoms with Gasteiger partial charge in [-0.2, -0.15) is 13.2 Å². The SMILES string of the molecule is CCC(CC)C(=O)/C=C(\O)C(CC)CC.Cc1[c-]c(-c2ncnc3c(C(F)(F)F)c4ccc5ccccc5c4cc23)cc(C)c1.[Ir]. The smallest absolute Gasteiger partial charge is 0.419 e. The zero-order chi connectivity index (χ0) is 32.9. The van der Waals surface area contributed by atoms with E-state index >= 15 is 0 Å². The van der Waals surface area contributed by atoms with Gasteiger partial charge in [-0.25, -0.2) is 4.98 Å². The molecule has 0 aliphatic carbocycles. The number of aliphatic hydroxyl groups is 1. The van der Waals surface area contributed by atoms with Crippen molar-refractivity contribution in [3.8, 4) is 11.3 Å². The van der Waals surface area contributed by atoms with Gasteiger partial charge in [-0.15, -0.1) is 34.9 Å². The van der Waals surface area contributed by atoms with Gasteiger partial charge < -0.3 is 5.11 Å². The third-order valence-corrected chi connectivity index (χ3v) is 8.42. The minimum absolute atomic E-state index is 0.